The fourth-order valence-corrected chi connectivity index (χ4v) is 2.86. The summed E-state index contributed by atoms with van der Waals surface area (Å²) < 4.78 is 2.17. The van der Waals surface area contributed by atoms with Crippen molar-refractivity contribution in [1.29, 1.82) is 0 Å². The molecule has 0 aliphatic carbocycles. The van der Waals surface area contributed by atoms with Crippen LogP contribution in [-0.2, 0) is 0 Å². The molecule has 0 N–H and O–H groups in total. The monoisotopic (exact) mass is 288 g/mol. The van der Waals surface area contributed by atoms with Crippen LogP contribution < -0.4 is 5.01 Å². The van der Waals surface area contributed by atoms with Gasteiger partial charge in [0.15, 0.2) is 0 Å². The van der Waals surface area contributed by atoms with Gasteiger partial charge in [0.1, 0.15) is 0 Å². The molecule has 22 heavy (non-hydrogen) atoms. The summed E-state index contributed by atoms with van der Waals surface area (Å²) in [6.07, 6.45) is 2.11. The van der Waals surface area contributed by atoms with Gasteiger partial charge in [0, 0.05) is 7.05 Å². The molecule has 108 valence electrons. The van der Waals surface area contributed by atoms with Crippen LogP contribution in [0.3, 0.4) is 0 Å². The molecule has 0 bridgehead atoms. The Morgan fingerprint density at radius 1 is 0.909 bits per heavy atom. The first-order chi connectivity index (χ1) is 10.7. The molecule has 1 aliphatic heterocycles. The van der Waals surface area contributed by atoms with Crippen molar-refractivity contribution in [3.8, 4) is 0 Å². The third kappa shape index (κ3) is 1.92. The van der Waals surface area contributed by atoms with Gasteiger partial charge in [-0.1, -0.05) is 42.5 Å². The Labute approximate surface area is 129 Å². The van der Waals surface area contributed by atoms with Crippen molar-refractivity contribution in [2.24, 2.45) is 5.10 Å². The average molecular weight is 288 g/mol. The van der Waals surface area contributed by atoms with E-state index in [1.54, 1.807) is 0 Å². The number of imidazole rings is 1. The maximum Gasteiger partial charge on any atom is 0.231 e. The molecule has 0 atom stereocenters. The molecular formula is C18H16N4. The first-order valence-corrected chi connectivity index (χ1v) is 7.28. The van der Waals surface area contributed by atoms with Gasteiger partial charge in [0.2, 0.25) is 5.95 Å². The van der Waals surface area contributed by atoms with Gasteiger partial charge < -0.3 is 0 Å². The second-order valence-electron chi connectivity index (χ2n) is 5.40. The number of benzene rings is 2. The van der Waals surface area contributed by atoms with Crippen LogP contribution >= 0.6 is 0 Å². The number of rotatable bonds is 1. The smallest absolute Gasteiger partial charge is 0.231 e. The number of hydrogen-bond acceptors (Lipinski definition) is 3. The summed E-state index contributed by atoms with van der Waals surface area (Å²) in [6, 6.07) is 18.5. The molecule has 0 radical (unpaired) electrons. The molecular weight excluding hydrogens is 272 g/mol. The van der Waals surface area contributed by atoms with E-state index in [0.29, 0.717) is 0 Å². The van der Waals surface area contributed by atoms with Gasteiger partial charge >= 0.3 is 0 Å². The summed E-state index contributed by atoms with van der Waals surface area (Å²) in [4.78, 5) is 4.75. The van der Waals surface area contributed by atoms with Crippen LogP contribution in [0.2, 0.25) is 0 Å². The Balaban J connectivity index is 2.07. The topological polar surface area (TPSA) is 33.4 Å². The Bertz CT molecular complexity index is 903. The molecule has 4 nitrogen and oxygen atoms in total. The van der Waals surface area contributed by atoms with Crippen LogP contribution in [0, 0.1) is 0 Å². The van der Waals surface area contributed by atoms with Crippen LogP contribution in [0.25, 0.3) is 16.7 Å². The number of nitrogens with zero attached hydrogens (tertiary/aromatic N) is 4. The van der Waals surface area contributed by atoms with Crippen molar-refractivity contribution in [2.45, 2.75) is 6.92 Å². The first-order valence-electron chi connectivity index (χ1n) is 7.28. The van der Waals surface area contributed by atoms with Crippen LogP contribution in [0.15, 0.2) is 65.8 Å². The van der Waals surface area contributed by atoms with E-state index in [-0.39, 0.29) is 0 Å². The van der Waals surface area contributed by atoms with Gasteiger partial charge in [-0.25, -0.2) is 9.99 Å². The summed E-state index contributed by atoms with van der Waals surface area (Å²) in [7, 11) is 1.93. The van der Waals surface area contributed by atoms with Crippen molar-refractivity contribution in [3.05, 3.63) is 66.2 Å². The third-order valence-electron chi connectivity index (χ3n) is 3.80. The second kappa shape index (κ2) is 4.84. The number of allylic oxidation sites excluding steroid dienone is 1. The summed E-state index contributed by atoms with van der Waals surface area (Å²) in [5.74, 6) is 0.827. The highest BCUT2D eigenvalue weighted by Crippen LogP contribution is 2.31. The molecule has 4 heteroatoms. The molecule has 1 aliphatic rings. The van der Waals surface area contributed by atoms with Crippen LogP contribution in [-0.4, -0.2) is 22.3 Å². The minimum Gasteiger partial charge on any atom is -0.277 e. The summed E-state index contributed by atoms with van der Waals surface area (Å²) >= 11 is 0. The molecule has 0 saturated heterocycles. The highest BCUT2D eigenvalue weighted by molar-refractivity contribution is 6.02. The van der Waals surface area contributed by atoms with E-state index in [0.717, 1.165) is 34.0 Å². The van der Waals surface area contributed by atoms with Gasteiger partial charge in [0.25, 0.3) is 0 Å². The lowest BCUT2D eigenvalue weighted by Gasteiger charge is -2.15. The van der Waals surface area contributed by atoms with E-state index in [1.165, 1.54) is 0 Å². The summed E-state index contributed by atoms with van der Waals surface area (Å²) in [6.45, 7) is 2.01. The first kappa shape index (κ1) is 12.8. The van der Waals surface area contributed by atoms with E-state index in [4.69, 9.17) is 4.98 Å². The van der Waals surface area contributed by atoms with Gasteiger partial charge in [-0.3, -0.25) is 4.57 Å². The number of hydrazone groups is 1. The Morgan fingerprint density at radius 3 is 2.45 bits per heavy atom. The standard InChI is InChI=1S/C18H16N4/c1-13-12-17(14-8-4-3-5-9-14)22-16-11-7-6-10-15(16)19-18(22)21(2)20-13/h3-12H,1-2H3. The number of aromatic nitrogens is 2. The zero-order valence-corrected chi connectivity index (χ0v) is 12.6. The molecule has 0 saturated carbocycles. The van der Waals surface area contributed by atoms with Crippen LogP contribution in [0.1, 0.15) is 12.5 Å². The lowest BCUT2D eigenvalue weighted by atomic mass is 10.1. The molecule has 1 aromatic heterocycles. The Hall–Kier alpha value is -2.88. The highest BCUT2D eigenvalue weighted by atomic mass is 15.5. The van der Waals surface area contributed by atoms with Crippen LogP contribution in [0.5, 0.6) is 0 Å². The molecule has 0 spiro atoms. The fourth-order valence-electron chi connectivity index (χ4n) is 2.86. The molecule has 0 unspecified atom stereocenters. The van der Waals surface area contributed by atoms with E-state index in [1.807, 2.05) is 43.2 Å². The molecule has 3 aromatic rings. The zero-order valence-electron chi connectivity index (χ0n) is 12.6. The van der Waals surface area contributed by atoms with Crippen LogP contribution in [0.4, 0.5) is 5.95 Å². The lowest BCUT2D eigenvalue weighted by Crippen LogP contribution is -2.14. The lowest BCUT2D eigenvalue weighted by molar-refractivity contribution is 0.928. The quantitative estimate of drug-likeness (QED) is 0.683. The summed E-state index contributed by atoms with van der Waals surface area (Å²) in [5, 5.41) is 6.41. The normalized spacial score (nSPS) is 14.4. The highest BCUT2D eigenvalue weighted by Gasteiger charge is 2.20. The third-order valence-corrected chi connectivity index (χ3v) is 3.80. The molecule has 2 heterocycles. The molecule has 4 rings (SSSR count). The molecule has 2 aromatic carbocycles. The SMILES string of the molecule is CC1=NN(C)c2nc3ccccc3n2C(c2ccccc2)=C1. The molecule has 0 amide bonds. The van der Waals surface area contributed by atoms with Crippen molar-refractivity contribution < 1.29 is 0 Å². The van der Waals surface area contributed by atoms with E-state index >= 15 is 0 Å². The predicted octanol–water partition coefficient (Wildman–Crippen LogP) is 3.75. The van der Waals surface area contributed by atoms with Crippen molar-refractivity contribution >= 4 is 28.4 Å². The van der Waals surface area contributed by atoms with Crippen molar-refractivity contribution in [1.82, 2.24) is 9.55 Å². The largest absolute Gasteiger partial charge is 0.277 e. The minimum atomic E-state index is 0.827. The average Bonchev–Trinajstić information content (AvgIpc) is 2.87. The Kier molecular flexibility index (Phi) is 2.82. The summed E-state index contributed by atoms with van der Waals surface area (Å²) in [5.41, 5.74) is 5.26. The van der Waals surface area contributed by atoms with Gasteiger partial charge in [-0.2, -0.15) is 5.10 Å². The number of fused-ring (bicyclic) bond motifs is 3. The zero-order chi connectivity index (χ0) is 15.1. The van der Waals surface area contributed by atoms with Gasteiger partial charge in [0.05, 0.1) is 22.4 Å². The Morgan fingerprint density at radius 2 is 1.64 bits per heavy atom. The van der Waals surface area contributed by atoms with E-state index in [2.05, 4.69) is 46.1 Å². The van der Waals surface area contributed by atoms with Crippen molar-refractivity contribution in [3.63, 3.8) is 0 Å². The second-order valence-corrected chi connectivity index (χ2v) is 5.40. The maximum atomic E-state index is 4.75. The minimum absolute atomic E-state index is 0.827. The predicted molar refractivity (Wildman–Crippen MR) is 91.1 cm³/mol. The fraction of sp³-hybridized carbons (Fsp3) is 0.111. The van der Waals surface area contributed by atoms with E-state index < -0.39 is 0 Å². The van der Waals surface area contributed by atoms with E-state index in [9.17, 15) is 0 Å². The number of para-hydroxylation sites is 2. The number of hydrogen-bond donors (Lipinski definition) is 0. The number of anilines is 1. The van der Waals surface area contributed by atoms with Gasteiger partial charge in [-0.15, -0.1) is 0 Å². The van der Waals surface area contributed by atoms with Gasteiger partial charge in [-0.05, 0) is 30.7 Å². The maximum absolute atomic E-state index is 4.75. The molecule has 0 fully saturated rings. The van der Waals surface area contributed by atoms with Crippen molar-refractivity contribution in [2.75, 3.05) is 12.1 Å².